The molecule has 11 heteroatoms. The SMILES string of the molecule is CC(C)(C)OC(=O)NCCCCC(=O)OCC(=O)[C@@]12OC(C)(C)O[C@@H]1C[C@H]1[C@@H]3CCC4=CC(=O)C=C[C@]4(C)[C@@]3(F)[C@@H](O)C[C@@]12C. The van der Waals surface area contributed by atoms with E-state index in [1.54, 1.807) is 47.6 Å². The zero-order valence-corrected chi connectivity index (χ0v) is 27.5. The van der Waals surface area contributed by atoms with Crippen molar-refractivity contribution in [1.82, 2.24) is 5.32 Å². The molecule has 8 atom stereocenters. The van der Waals surface area contributed by atoms with Crippen molar-refractivity contribution >= 4 is 23.6 Å². The number of nitrogens with one attached hydrogen (secondary N) is 1. The fourth-order valence-electron chi connectivity index (χ4n) is 9.03. The number of carbonyl (C=O) groups excluding carboxylic acids is 4. The zero-order chi connectivity index (χ0) is 33.2. The Morgan fingerprint density at radius 2 is 1.84 bits per heavy atom. The molecule has 0 aromatic rings. The molecular formula is C34H48FNO9. The molecule has 0 aromatic carbocycles. The third-order valence-electron chi connectivity index (χ3n) is 10.9. The van der Waals surface area contributed by atoms with Gasteiger partial charge in [-0.05, 0) is 98.1 Å². The van der Waals surface area contributed by atoms with Crippen LogP contribution in [-0.4, -0.2) is 76.8 Å². The molecule has 0 radical (unpaired) electrons. The maximum absolute atomic E-state index is 17.5. The van der Waals surface area contributed by atoms with E-state index in [2.05, 4.69) is 5.32 Å². The Balaban J connectivity index is 1.28. The van der Waals surface area contributed by atoms with Crippen LogP contribution in [0.3, 0.4) is 0 Å². The molecule has 1 aliphatic heterocycles. The van der Waals surface area contributed by atoms with Gasteiger partial charge in [0.25, 0.3) is 0 Å². The van der Waals surface area contributed by atoms with Crippen LogP contribution in [0.4, 0.5) is 9.18 Å². The van der Waals surface area contributed by atoms with E-state index in [4.69, 9.17) is 18.9 Å². The fraction of sp³-hybridized carbons (Fsp3) is 0.765. The average Bonchev–Trinajstić information content (AvgIpc) is 3.33. The lowest BCUT2D eigenvalue weighted by Gasteiger charge is -2.62. The van der Waals surface area contributed by atoms with Crippen molar-refractivity contribution in [2.24, 2.45) is 22.7 Å². The van der Waals surface area contributed by atoms with Crippen molar-refractivity contribution in [3.8, 4) is 0 Å². The lowest BCUT2D eigenvalue weighted by molar-refractivity contribution is -0.246. The number of alkyl halides is 1. The summed E-state index contributed by atoms with van der Waals surface area (Å²) in [7, 11) is 0. The highest BCUT2D eigenvalue weighted by molar-refractivity contribution is 6.01. The predicted molar refractivity (Wildman–Crippen MR) is 161 cm³/mol. The van der Waals surface area contributed by atoms with Crippen molar-refractivity contribution in [1.29, 1.82) is 0 Å². The van der Waals surface area contributed by atoms with Crippen molar-refractivity contribution < 1.29 is 47.6 Å². The molecule has 1 amide bonds. The molecule has 1 saturated heterocycles. The van der Waals surface area contributed by atoms with E-state index in [9.17, 15) is 24.3 Å². The summed E-state index contributed by atoms with van der Waals surface area (Å²) in [6.45, 7) is 12.2. The quantitative estimate of drug-likeness (QED) is 0.289. The molecule has 0 aromatic heterocycles. The van der Waals surface area contributed by atoms with Crippen LogP contribution in [0, 0.1) is 22.7 Å². The Morgan fingerprint density at radius 1 is 1.13 bits per heavy atom. The molecule has 2 N–H and O–H groups in total. The Morgan fingerprint density at radius 3 is 2.53 bits per heavy atom. The lowest BCUT2D eigenvalue weighted by atomic mass is 9.44. The van der Waals surface area contributed by atoms with Crippen LogP contribution in [0.5, 0.6) is 0 Å². The second-order valence-corrected chi connectivity index (χ2v) is 15.3. The summed E-state index contributed by atoms with van der Waals surface area (Å²) in [6.07, 6.45) is 4.00. The maximum Gasteiger partial charge on any atom is 0.407 e. The third kappa shape index (κ3) is 5.46. The van der Waals surface area contributed by atoms with Gasteiger partial charge in [0.05, 0.1) is 12.2 Å². The highest BCUT2D eigenvalue weighted by atomic mass is 19.1. The number of ether oxygens (including phenoxy) is 4. The van der Waals surface area contributed by atoms with Crippen molar-refractivity contribution in [2.75, 3.05) is 13.2 Å². The minimum Gasteiger partial charge on any atom is -0.458 e. The molecule has 0 bridgehead atoms. The summed E-state index contributed by atoms with van der Waals surface area (Å²) in [6, 6.07) is 0. The molecule has 4 fully saturated rings. The van der Waals surface area contributed by atoms with E-state index in [1.807, 2.05) is 6.92 Å². The normalized spacial score (nSPS) is 39.6. The Hall–Kier alpha value is -2.63. The van der Waals surface area contributed by atoms with Crippen LogP contribution in [-0.2, 0) is 33.3 Å². The number of Topliss-reactive ketones (excluding diaryl/α,β-unsaturated/α-hetero) is 1. The molecule has 250 valence electrons. The number of amides is 1. The van der Waals surface area contributed by atoms with Gasteiger partial charge in [-0.2, -0.15) is 0 Å². The van der Waals surface area contributed by atoms with Gasteiger partial charge < -0.3 is 29.4 Å². The Bertz CT molecular complexity index is 1320. The van der Waals surface area contributed by atoms with Gasteiger partial charge in [-0.25, -0.2) is 9.18 Å². The van der Waals surface area contributed by atoms with E-state index in [1.165, 1.54) is 12.2 Å². The minimum atomic E-state index is -2.05. The number of halogens is 1. The number of ketones is 2. The van der Waals surface area contributed by atoms with Crippen LogP contribution in [0.2, 0.25) is 0 Å². The average molecular weight is 634 g/mol. The van der Waals surface area contributed by atoms with E-state index >= 15 is 4.39 Å². The molecule has 5 rings (SSSR count). The molecule has 45 heavy (non-hydrogen) atoms. The second-order valence-electron chi connectivity index (χ2n) is 15.3. The highest BCUT2D eigenvalue weighted by Crippen LogP contribution is 2.72. The third-order valence-corrected chi connectivity index (χ3v) is 10.9. The van der Waals surface area contributed by atoms with Crippen molar-refractivity contribution in [3.63, 3.8) is 0 Å². The number of fused-ring (bicyclic) bond motifs is 7. The molecule has 0 unspecified atom stereocenters. The van der Waals surface area contributed by atoms with Gasteiger partial charge in [0.1, 0.15) is 5.60 Å². The molecule has 10 nitrogen and oxygen atoms in total. The van der Waals surface area contributed by atoms with E-state index in [0.29, 0.717) is 44.2 Å². The predicted octanol–water partition coefficient (Wildman–Crippen LogP) is 4.66. The molecular weight excluding hydrogens is 585 g/mol. The molecule has 0 spiro atoms. The number of allylic oxidation sites excluding steroid dienone is 4. The van der Waals surface area contributed by atoms with Gasteiger partial charge in [-0.1, -0.05) is 18.6 Å². The highest BCUT2D eigenvalue weighted by Gasteiger charge is 2.80. The van der Waals surface area contributed by atoms with Gasteiger partial charge >= 0.3 is 12.1 Å². The fourth-order valence-corrected chi connectivity index (χ4v) is 9.03. The molecule has 4 aliphatic carbocycles. The number of carbonyl (C=O) groups is 4. The summed E-state index contributed by atoms with van der Waals surface area (Å²) >= 11 is 0. The first-order valence-electron chi connectivity index (χ1n) is 16.1. The van der Waals surface area contributed by atoms with Crippen LogP contribution < -0.4 is 5.32 Å². The van der Waals surface area contributed by atoms with Gasteiger partial charge in [0, 0.05) is 29.7 Å². The first-order chi connectivity index (χ1) is 20.8. The van der Waals surface area contributed by atoms with Gasteiger partial charge in [0.15, 0.2) is 29.4 Å². The summed E-state index contributed by atoms with van der Waals surface area (Å²) < 4.78 is 40.9. The monoisotopic (exact) mass is 633 g/mol. The van der Waals surface area contributed by atoms with Crippen LogP contribution in [0.15, 0.2) is 23.8 Å². The zero-order valence-electron chi connectivity index (χ0n) is 27.5. The first kappa shape index (κ1) is 33.7. The lowest BCUT2D eigenvalue weighted by Crippen LogP contribution is -2.70. The topological polar surface area (TPSA) is 137 Å². The Labute approximate surface area is 264 Å². The largest absolute Gasteiger partial charge is 0.458 e. The van der Waals surface area contributed by atoms with Crippen LogP contribution in [0.1, 0.15) is 93.4 Å². The maximum atomic E-state index is 17.5. The summed E-state index contributed by atoms with van der Waals surface area (Å²) in [4.78, 5) is 50.7. The molecule has 5 aliphatic rings. The minimum absolute atomic E-state index is 0.0536. The van der Waals surface area contributed by atoms with E-state index < -0.39 is 76.1 Å². The summed E-state index contributed by atoms with van der Waals surface area (Å²) in [5, 5.41) is 14.3. The number of hydrogen-bond acceptors (Lipinski definition) is 9. The van der Waals surface area contributed by atoms with Gasteiger partial charge in [-0.15, -0.1) is 0 Å². The number of alkyl carbamates (subject to hydrolysis) is 1. The smallest absolute Gasteiger partial charge is 0.407 e. The number of esters is 1. The van der Waals surface area contributed by atoms with Crippen LogP contribution in [0.25, 0.3) is 0 Å². The second kappa shape index (κ2) is 11.3. The van der Waals surface area contributed by atoms with E-state index in [-0.39, 0.29) is 24.5 Å². The molecule has 3 saturated carbocycles. The molecule has 1 heterocycles. The number of aliphatic hydroxyl groups excluding tert-OH is 1. The number of hydrogen-bond donors (Lipinski definition) is 2. The van der Waals surface area contributed by atoms with E-state index in [0.717, 1.165) is 0 Å². The van der Waals surface area contributed by atoms with Crippen LogP contribution >= 0.6 is 0 Å². The standard InChI is InChI=1S/C34H48FNO9/c1-29(2,3)44-28(41)36-15-9-8-10-27(40)42-19-25(39)34-26(43-30(4,5)45-34)17-23-22-12-11-20-16-21(37)13-14-31(20,6)33(22,35)24(38)18-32(23,34)7/h13-14,16,22-24,26,38H,8-12,15,17-19H2,1-7H3,(H,36,41)/t22-,23-,24-,26+,31-,32-,33-,34+/m0/s1. The number of unbranched alkanes of at least 4 members (excludes halogenated alkanes) is 1. The van der Waals surface area contributed by atoms with Crippen molar-refractivity contribution in [2.45, 2.75) is 128 Å². The summed E-state index contributed by atoms with van der Waals surface area (Å²) in [5.74, 6) is -3.31. The number of aliphatic hydroxyl groups is 1. The Kier molecular flexibility index (Phi) is 8.44. The van der Waals surface area contributed by atoms with Gasteiger partial charge in [0.2, 0.25) is 5.78 Å². The summed E-state index contributed by atoms with van der Waals surface area (Å²) in [5.41, 5.74) is -5.68. The first-order valence-corrected chi connectivity index (χ1v) is 16.1. The van der Waals surface area contributed by atoms with Crippen molar-refractivity contribution in [3.05, 3.63) is 23.8 Å². The number of rotatable bonds is 8. The van der Waals surface area contributed by atoms with Gasteiger partial charge in [-0.3, -0.25) is 14.4 Å².